The number of oxazole rings is 1. The summed E-state index contributed by atoms with van der Waals surface area (Å²) < 4.78 is 18.2. The Morgan fingerprint density at radius 1 is 1.26 bits per heavy atom. The second kappa shape index (κ2) is 4.52. The van der Waals surface area contributed by atoms with Crippen LogP contribution in [-0.4, -0.2) is 27.1 Å². The highest BCUT2D eigenvalue weighted by Gasteiger charge is 2.25. The Labute approximate surface area is 106 Å². The first-order chi connectivity index (χ1) is 8.90. The van der Waals surface area contributed by atoms with E-state index >= 15 is 0 Å². The third kappa shape index (κ3) is 2.30. The molecule has 1 heterocycles. The van der Waals surface area contributed by atoms with E-state index < -0.39 is 29.2 Å². The van der Waals surface area contributed by atoms with Crippen LogP contribution in [0.5, 0.6) is 0 Å². The molecule has 19 heavy (non-hydrogen) atoms. The van der Waals surface area contributed by atoms with Gasteiger partial charge in [-0.25, -0.2) is 19.0 Å². The number of halogens is 1. The van der Waals surface area contributed by atoms with E-state index in [4.69, 9.17) is 14.6 Å². The standard InChI is InChI=1S/C12H8FNO5/c1-5-2-3-6(4-7(5)13)10-14-8(11(15)16)9(19-10)12(17)18/h2-4H,1H3,(H,15,16)(H,17,18). The number of nitrogens with zero attached hydrogens (tertiary/aromatic N) is 1. The van der Waals surface area contributed by atoms with E-state index in [0.29, 0.717) is 5.56 Å². The average molecular weight is 265 g/mol. The van der Waals surface area contributed by atoms with Crippen LogP contribution in [0.15, 0.2) is 22.6 Å². The van der Waals surface area contributed by atoms with Crippen molar-refractivity contribution in [2.24, 2.45) is 0 Å². The largest absolute Gasteiger partial charge is 0.476 e. The first-order valence-corrected chi connectivity index (χ1v) is 5.14. The zero-order valence-electron chi connectivity index (χ0n) is 9.68. The van der Waals surface area contributed by atoms with Gasteiger partial charge in [-0.05, 0) is 24.6 Å². The van der Waals surface area contributed by atoms with Gasteiger partial charge < -0.3 is 14.6 Å². The van der Waals surface area contributed by atoms with Crippen molar-refractivity contribution in [1.82, 2.24) is 4.98 Å². The number of aryl methyl sites for hydroxylation is 1. The molecule has 2 N–H and O–H groups in total. The molecule has 0 atom stereocenters. The maximum absolute atomic E-state index is 13.4. The van der Waals surface area contributed by atoms with Gasteiger partial charge in [0.15, 0.2) is 0 Å². The molecule has 1 aromatic heterocycles. The first-order valence-electron chi connectivity index (χ1n) is 5.14. The third-order valence-electron chi connectivity index (χ3n) is 2.44. The molecule has 0 aliphatic carbocycles. The van der Waals surface area contributed by atoms with Crippen LogP contribution in [0, 0.1) is 12.7 Å². The maximum atomic E-state index is 13.4. The number of hydrogen-bond acceptors (Lipinski definition) is 4. The van der Waals surface area contributed by atoms with Crippen LogP contribution in [0.25, 0.3) is 11.5 Å². The summed E-state index contributed by atoms with van der Waals surface area (Å²) in [5.74, 6) is -4.65. The van der Waals surface area contributed by atoms with Gasteiger partial charge in [0, 0.05) is 5.56 Å². The summed E-state index contributed by atoms with van der Waals surface area (Å²) in [6, 6.07) is 4.01. The van der Waals surface area contributed by atoms with Crippen LogP contribution in [0.1, 0.15) is 26.6 Å². The fourth-order valence-electron chi connectivity index (χ4n) is 1.46. The van der Waals surface area contributed by atoms with Gasteiger partial charge in [-0.1, -0.05) is 6.07 Å². The number of benzene rings is 1. The fraction of sp³-hybridized carbons (Fsp3) is 0.0833. The molecule has 0 unspecified atom stereocenters. The van der Waals surface area contributed by atoms with Gasteiger partial charge >= 0.3 is 11.9 Å². The van der Waals surface area contributed by atoms with Crippen LogP contribution < -0.4 is 0 Å². The molecule has 2 aromatic rings. The van der Waals surface area contributed by atoms with Crippen molar-refractivity contribution in [3.63, 3.8) is 0 Å². The molecular weight excluding hydrogens is 257 g/mol. The van der Waals surface area contributed by atoms with E-state index in [1.165, 1.54) is 12.1 Å². The molecule has 0 saturated heterocycles. The molecule has 0 bridgehead atoms. The number of aromatic nitrogens is 1. The second-order valence-electron chi connectivity index (χ2n) is 3.77. The Kier molecular flexibility index (Phi) is 3.04. The Bertz CT molecular complexity index is 645. The highest BCUT2D eigenvalue weighted by atomic mass is 19.1. The minimum Gasteiger partial charge on any atom is -0.476 e. The van der Waals surface area contributed by atoms with Crippen molar-refractivity contribution in [3.8, 4) is 11.5 Å². The van der Waals surface area contributed by atoms with Crippen molar-refractivity contribution in [2.45, 2.75) is 6.92 Å². The molecule has 0 spiro atoms. The van der Waals surface area contributed by atoms with Crippen molar-refractivity contribution in [3.05, 3.63) is 41.0 Å². The van der Waals surface area contributed by atoms with E-state index in [1.807, 2.05) is 0 Å². The highest BCUT2D eigenvalue weighted by molar-refractivity contribution is 5.98. The zero-order valence-corrected chi connectivity index (χ0v) is 9.68. The van der Waals surface area contributed by atoms with E-state index in [-0.39, 0.29) is 11.5 Å². The van der Waals surface area contributed by atoms with E-state index in [0.717, 1.165) is 6.07 Å². The fourth-order valence-corrected chi connectivity index (χ4v) is 1.46. The lowest BCUT2D eigenvalue weighted by atomic mass is 10.1. The predicted molar refractivity (Wildman–Crippen MR) is 60.6 cm³/mol. The number of hydrogen-bond donors (Lipinski definition) is 2. The summed E-state index contributed by atoms with van der Waals surface area (Å²) in [4.78, 5) is 25.2. The van der Waals surface area contributed by atoms with Crippen molar-refractivity contribution >= 4 is 11.9 Å². The molecule has 0 radical (unpaired) electrons. The Morgan fingerprint density at radius 3 is 2.42 bits per heavy atom. The molecule has 6 nitrogen and oxygen atoms in total. The number of carboxylic acid groups (broad SMARTS) is 2. The second-order valence-corrected chi connectivity index (χ2v) is 3.77. The molecule has 0 aliphatic rings. The number of carbonyl (C=O) groups is 2. The smallest absolute Gasteiger partial charge is 0.374 e. The number of carboxylic acids is 2. The maximum Gasteiger partial charge on any atom is 0.374 e. The van der Waals surface area contributed by atoms with Crippen LogP contribution in [0.2, 0.25) is 0 Å². The van der Waals surface area contributed by atoms with E-state index in [2.05, 4.69) is 4.98 Å². The SMILES string of the molecule is Cc1ccc(-c2nc(C(=O)O)c(C(=O)O)o2)cc1F. The zero-order chi connectivity index (χ0) is 14.2. The number of aromatic carboxylic acids is 2. The minimum absolute atomic E-state index is 0.165. The summed E-state index contributed by atoms with van der Waals surface area (Å²) >= 11 is 0. The molecule has 7 heteroatoms. The molecule has 2 rings (SSSR count). The lowest BCUT2D eigenvalue weighted by Gasteiger charge is -1.98. The molecule has 0 amide bonds. The van der Waals surface area contributed by atoms with Crippen molar-refractivity contribution in [1.29, 1.82) is 0 Å². The molecule has 1 aromatic carbocycles. The monoisotopic (exact) mass is 265 g/mol. The van der Waals surface area contributed by atoms with Crippen molar-refractivity contribution in [2.75, 3.05) is 0 Å². The first kappa shape index (κ1) is 12.7. The average Bonchev–Trinajstić information content (AvgIpc) is 2.78. The van der Waals surface area contributed by atoms with Gasteiger partial charge in [0.05, 0.1) is 0 Å². The van der Waals surface area contributed by atoms with E-state index in [9.17, 15) is 14.0 Å². The summed E-state index contributed by atoms with van der Waals surface area (Å²) in [6.07, 6.45) is 0. The summed E-state index contributed by atoms with van der Waals surface area (Å²) in [5, 5.41) is 17.6. The summed E-state index contributed by atoms with van der Waals surface area (Å²) in [6.45, 7) is 1.56. The Hall–Kier alpha value is -2.70. The van der Waals surface area contributed by atoms with Gasteiger partial charge in [0.2, 0.25) is 17.3 Å². The van der Waals surface area contributed by atoms with Gasteiger partial charge in [0.1, 0.15) is 5.82 Å². The van der Waals surface area contributed by atoms with Crippen molar-refractivity contribution < 1.29 is 28.6 Å². The predicted octanol–water partition coefficient (Wildman–Crippen LogP) is 2.19. The van der Waals surface area contributed by atoms with Crippen LogP contribution >= 0.6 is 0 Å². The lowest BCUT2D eigenvalue weighted by molar-refractivity contribution is 0.0624. The Morgan fingerprint density at radius 2 is 1.95 bits per heavy atom. The normalized spacial score (nSPS) is 10.4. The van der Waals surface area contributed by atoms with Gasteiger partial charge in [-0.3, -0.25) is 0 Å². The summed E-state index contributed by atoms with van der Waals surface area (Å²) in [7, 11) is 0. The van der Waals surface area contributed by atoms with Gasteiger partial charge in [0.25, 0.3) is 0 Å². The number of rotatable bonds is 3. The molecule has 98 valence electrons. The van der Waals surface area contributed by atoms with Crippen LogP contribution in [-0.2, 0) is 0 Å². The highest BCUT2D eigenvalue weighted by Crippen LogP contribution is 2.24. The van der Waals surface area contributed by atoms with Crippen LogP contribution in [0.4, 0.5) is 4.39 Å². The molecular formula is C12H8FNO5. The van der Waals surface area contributed by atoms with Gasteiger partial charge in [-0.2, -0.15) is 0 Å². The summed E-state index contributed by atoms with van der Waals surface area (Å²) in [5.41, 5.74) is -0.159. The topological polar surface area (TPSA) is 101 Å². The van der Waals surface area contributed by atoms with Crippen LogP contribution in [0.3, 0.4) is 0 Å². The van der Waals surface area contributed by atoms with E-state index in [1.54, 1.807) is 6.92 Å². The molecule has 0 fully saturated rings. The third-order valence-corrected chi connectivity index (χ3v) is 2.44. The van der Waals surface area contributed by atoms with Gasteiger partial charge in [-0.15, -0.1) is 0 Å². The Balaban J connectivity index is 2.57. The quantitative estimate of drug-likeness (QED) is 0.882. The molecule has 0 saturated carbocycles. The minimum atomic E-state index is -1.55. The molecule has 0 aliphatic heterocycles. The lowest BCUT2D eigenvalue weighted by Crippen LogP contribution is -2.05.